The van der Waals surface area contributed by atoms with Crippen molar-refractivity contribution in [3.63, 3.8) is 0 Å². The second kappa shape index (κ2) is 4.58. The summed E-state index contributed by atoms with van der Waals surface area (Å²) in [6, 6.07) is -0.500. The van der Waals surface area contributed by atoms with Crippen LogP contribution in [-0.2, 0) is 9.53 Å². The molecule has 0 bridgehead atoms. The first-order chi connectivity index (χ1) is 6.09. The largest absolute Gasteiger partial charge is 0.461 e. The normalized spacial score (nSPS) is 22.7. The Labute approximate surface area is 79.0 Å². The quantitative estimate of drug-likeness (QED) is 0.615. The van der Waals surface area contributed by atoms with E-state index in [1.807, 2.05) is 0 Å². The van der Waals surface area contributed by atoms with E-state index in [2.05, 4.69) is 11.9 Å². The maximum atomic E-state index is 11.1. The van der Waals surface area contributed by atoms with Gasteiger partial charge in [-0.3, -0.25) is 4.79 Å². The predicted molar refractivity (Wildman–Crippen MR) is 50.3 cm³/mol. The van der Waals surface area contributed by atoms with Crippen molar-refractivity contribution in [2.24, 2.45) is 5.73 Å². The van der Waals surface area contributed by atoms with Crippen molar-refractivity contribution in [3.8, 4) is 0 Å². The third-order valence-electron chi connectivity index (χ3n) is 2.32. The number of hydrogen-bond acceptors (Lipinski definition) is 4. The number of carbonyl (C=O) groups is 1. The zero-order valence-corrected chi connectivity index (χ0v) is 8.32. The van der Waals surface area contributed by atoms with Crippen molar-refractivity contribution >= 4 is 5.97 Å². The predicted octanol–water partition coefficient (Wildman–Crippen LogP) is -0.0290. The minimum Gasteiger partial charge on any atom is -0.461 e. The van der Waals surface area contributed by atoms with Crippen LogP contribution in [0.3, 0.4) is 0 Å². The van der Waals surface area contributed by atoms with Crippen LogP contribution in [0.4, 0.5) is 0 Å². The van der Waals surface area contributed by atoms with Crippen molar-refractivity contribution < 1.29 is 9.53 Å². The number of carbonyl (C=O) groups excluding carboxylic acids is 1. The summed E-state index contributed by atoms with van der Waals surface area (Å²) >= 11 is 0. The van der Waals surface area contributed by atoms with Crippen LogP contribution < -0.4 is 5.73 Å². The second-order valence-corrected chi connectivity index (χ2v) is 3.73. The van der Waals surface area contributed by atoms with Crippen LogP contribution in [0.25, 0.3) is 0 Å². The van der Waals surface area contributed by atoms with Gasteiger partial charge in [-0.1, -0.05) is 0 Å². The molecule has 1 rings (SSSR count). The zero-order chi connectivity index (χ0) is 9.84. The van der Waals surface area contributed by atoms with E-state index in [4.69, 9.17) is 10.5 Å². The molecule has 1 aliphatic heterocycles. The summed E-state index contributed by atoms with van der Waals surface area (Å²) in [6.45, 7) is 3.64. The van der Waals surface area contributed by atoms with E-state index in [9.17, 15) is 4.79 Å². The lowest BCUT2D eigenvalue weighted by atomic mass is 10.1. The highest BCUT2D eigenvalue weighted by atomic mass is 16.5. The number of esters is 1. The van der Waals surface area contributed by atoms with Gasteiger partial charge in [0.05, 0.1) is 0 Å². The first-order valence-corrected chi connectivity index (χ1v) is 4.74. The first-order valence-electron chi connectivity index (χ1n) is 4.74. The fourth-order valence-electron chi connectivity index (χ4n) is 1.37. The Hall–Kier alpha value is -0.610. The highest BCUT2D eigenvalue weighted by Crippen LogP contribution is 2.12. The van der Waals surface area contributed by atoms with Crippen LogP contribution in [0.2, 0.25) is 0 Å². The van der Waals surface area contributed by atoms with Crippen LogP contribution in [0.5, 0.6) is 0 Å². The van der Waals surface area contributed by atoms with Crippen molar-refractivity contribution in [1.29, 1.82) is 0 Å². The van der Waals surface area contributed by atoms with Gasteiger partial charge in [0.2, 0.25) is 0 Å². The van der Waals surface area contributed by atoms with Gasteiger partial charge in [0, 0.05) is 13.1 Å². The molecule has 0 aromatic heterocycles. The molecular weight excluding hydrogens is 168 g/mol. The lowest BCUT2D eigenvalue weighted by Gasteiger charge is -2.28. The van der Waals surface area contributed by atoms with Gasteiger partial charge < -0.3 is 15.4 Å². The average molecular weight is 186 g/mol. The van der Waals surface area contributed by atoms with Gasteiger partial charge in [-0.2, -0.15) is 0 Å². The maximum Gasteiger partial charge on any atom is 0.322 e. The van der Waals surface area contributed by atoms with Gasteiger partial charge in [0.25, 0.3) is 0 Å². The number of ether oxygens (including phenoxy) is 1. The minimum atomic E-state index is -0.500. The number of hydrogen-bond donors (Lipinski definition) is 1. The molecule has 13 heavy (non-hydrogen) atoms. The minimum absolute atomic E-state index is 0.0784. The van der Waals surface area contributed by atoms with Crippen molar-refractivity contribution in [1.82, 2.24) is 4.90 Å². The molecule has 1 heterocycles. The van der Waals surface area contributed by atoms with Crippen LogP contribution in [-0.4, -0.2) is 43.2 Å². The SMILES string of the molecule is CC(N)C(=O)OC1CCN(C)CC1. The van der Waals surface area contributed by atoms with E-state index in [0.717, 1.165) is 25.9 Å². The molecule has 1 aliphatic rings. The molecule has 0 aromatic rings. The van der Waals surface area contributed by atoms with Gasteiger partial charge in [0.15, 0.2) is 0 Å². The molecule has 4 heteroatoms. The lowest BCUT2D eigenvalue weighted by Crippen LogP contribution is -2.38. The van der Waals surface area contributed by atoms with Crippen molar-refractivity contribution in [3.05, 3.63) is 0 Å². The Bertz CT molecular complexity index is 174. The first kappa shape index (κ1) is 10.5. The van der Waals surface area contributed by atoms with E-state index in [-0.39, 0.29) is 12.1 Å². The van der Waals surface area contributed by atoms with Crippen LogP contribution in [0.15, 0.2) is 0 Å². The molecule has 0 amide bonds. The average Bonchev–Trinajstić information content (AvgIpc) is 2.08. The third-order valence-corrected chi connectivity index (χ3v) is 2.32. The summed E-state index contributed by atoms with van der Waals surface area (Å²) in [7, 11) is 2.07. The maximum absolute atomic E-state index is 11.1. The Morgan fingerprint density at radius 2 is 2.08 bits per heavy atom. The Balaban J connectivity index is 2.26. The van der Waals surface area contributed by atoms with Gasteiger partial charge in [0.1, 0.15) is 12.1 Å². The van der Waals surface area contributed by atoms with Crippen LogP contribution >= 0.6 is 0 Å². The Morgan fingerprint density at radius 3 is 2.54 bits per heavy atom. The zero-order valence-electron chi connectivity index (χ0n) is 8.32. The van der Waals surface area contributed by atoms with E-state index in [1.165, 1.54) is 0 Å². The lowest BCUT2D eigenvalue weighted by molar-refractivity contribution is -0.152. The van der Waals surface area contributed by atoms with Crippen molar-refractivity contribution in [2.45, 2.75) is 31.9 Å². The van der Waals surface area contributed by atoms with Gasteiger partial charge in [-0.05, 0) is 26.8 Å². The Morgan fingerprint density at radius 1 is 1.54 bits per heavy atom. The van der Waals surface area contributed by atoms with E-state index < -0.39 is 6.04 Å². The number of nitrogens with two attached hydrogens (primary N) is 1. The fraction of sp³-hybridized carbons (Fsp3) is 0.889. The summed E-state index contributed by atoms with van der Waals surface area (Å²) in [5, 5.41) is 0. The topological polar surface area (TPSA) is 55.6 Å². The summed E-state index contributed by atoms with van der Waals surface area (Å²) in [5.74, 6) is -0.283. The smallest absolute Gasteiger partial charge is 0.322 e. The molecule has 76 valence electrons. The molecular formula is C9H18N2O2. The van der Waals surface area contributed by atoms with Gasteiger partial charge in [-0.15, -0.1) is 0 Å². The molecule has 0 aromatic carbocycles. The summed E-state index contributed by atoms with van der Waals surface area (Å²) < 4.78 is 5.21. The molecule has 1 atom stereocenters. The Kier molecular flexibility index (Phi) is 3.69. The summed E-state index contributed by atoms with van der Waals surface area (Å²) in [5.41, 5.74) is 5.40. The van der Waals surface area contributed by atoms with E-state index in [0.29, 0.717) is 0 Å². The molecule has 0 aliphatic carbocycles. The third kappa shape index (κ3) is 3.32. The molecule has 0 radical (unpaired) electrons. The second-order valence-electron chi connectivity index (χ2n) is 3.73. The van der Waals surface area contributed by atoms with Crippen LogP contribution in [0.1, 0.15) is 19.8 Å². The number of piperidine rings is 1. The number of likely N-dealkylation sites (tertiary alicyclic amines) is 1. The standard InChI is InChI=1S/C9H18N2O2/c1-7(10)9(12)13-8-3-5-11(2)6-4-8/h7-8H,3-6,10H2,1-2H3. The molecule has 1 saturated heterocycles. The van der Waals surface area contributed by atoms with Crippen LogP contribution in [0, 0.1) is 0 Å². The fourth-order valence-corrected chi connectivity index (χ4v) is 1.37. The molecule has 0 spiro atoms. The van der Waals surface area contributed by atoms with Crippen molar-refractivity contribution in [2.75, 3.05) is 20.1 Å². The molecule has 1 unspecified atom stereocenters. The monoisotopic (exact) mass is 186 g/mol. The molecule has 2 N–H and O–H groups in total. The van der Waals surface area contributed by atoms with Gasteiger partial charge >= 0.3 is 5.97 Å². The van der Waals surface area contributed by atoms with E-state index in [1.54, 1.807) is 6.92 Å². The number of rotatable bonds is 2. The molecule has 4 nitrogen and oxygen atoms in total. The number of nitrogens with zero attached hydrogens (tertiary/aromatic N) is 1. The highest BCUT2D eigenvalue weighted by Gasteiger charge is 2.21. The van der Waals surface area contributed by atoms with E-state index >= 15 is 0 Å². The van der Waals surface area contributed by atoms with Gasteiger partial charge in [-0.25, -0.2) is 0 Å². The summed E-state index contributed by atoms with van der Waals surface area (Å²) in [6.07, 6.45) is 1.93. The molecule has 1 fully saturated rings. The molecule has 0 saturated carbocycles. The highest BCUT2D eigenvalue weighted by molar-refractivity contribution is 5.75. The summed E-state index contributed by atoms with van der Waals surface area (Å²) in [4.78, 5) is 13.4.